The van der Waals surface area contributed by atoms with Gasteiger partial charge in [0.2, 0.25) is 0 Å². The van der Waals surface area contributed by atoms with Gasteiger partial charge in [0.05, 0.1) is 12.6 Å². The normalized spacial score (nSPS) is 15.2. The van der Waals surface area contributed by atoms with Gasteiger partial charge >= 0.3 is 0 Å². The Balaban J connectivity index is 0.00000136. The second-order valence-corrected chi connectivity index (χ2v) is 6.59. The van der Waals surface area contributed by atoms with Gasteiger partial charge in [-0.2, -0.15) is 4.91 Å². The van der Waals surface area contributed by atoms with E-state index in [0.29, 0.717) is 6.54 Å². The fourth-order valence-corrected chi connectivity index (χ4v) is 3.51. The van der Waals surface area contributed by atoms with Crippen molar-refractivity contribution in [3.63, 3.8) is 0 Å². The summed E-state index contributed by atoms with van der Waals surface area (Å²) in [6.45, 7) is 4.74. The number of benzene rings is 2. The van der Waals surface area contributed by atoms with Crippen LogP contribution in [0.5, 0.6) is 0 Å². The minimum atomic E-state index is -0.264. The number of nitrogens with zero attached hydrogens (tertiary/aromatic N) is 3. The van der Waals surface area contributed by atoms with Gasteiger partial charge in [-0.3, -0.25) is 4.90 Å². The Kier molecular flexibility index (Phi) is 9.47. The second-order valence-electron chi connectivity index (χ2n) is 6.59. The number of alkyl halides is 1. The third kappa shape index (κ3) is 6.33. The largest absolute Gasteiger partial charge is 0.301 e. The van der Waals surface area contributed by atoms with Gasteiger partial charge in [0.25, 0.3) is 0 Å². The number of hydrogen-bond donors (Lipinski definition) is 0. The Labute approximate surface area is 170 Å². The number of hydrogen-bond acceptors (Lipinski definition) is 4. The summed E-state index contributed by atoms with van der Waals surface area (Å²) >= 11 is 4.64. The smallest absolute Gasteiger partial charge is 0.123 e. The summed E-state index contributed by atoms with van der Waals surface area (Å²) in [7, 11) is 0. The van der Waals surface area contributed by atoms with E-state index in [9.17, 15) is 13.7 Å². The molecule has 0 atom stereocenters. The van der Waals surface area contributed by atoms with Crippen LogP contribution in [0.4, 0.5) is 8.78 Å². The van der Waals surface area contributed by atoms with Gasteiger partial charge in [-0.1, -0.05) is 29.4 Å². The molecule has 0 bridgehead atoms. The summed E-state index contributed by atoms with van der Waals surface area (Å²) in [6, 6.07) is 13.0. The molecule has 2 aromatic carbocycles. The molecule has 0 N–H and O–H groups in total. The van der Waals surface area contributed by atoms with Crippen molar-refractivity contribution in [2.24, 2.45) is 5.18 Å². The van der Waals surface area contributed by atoms with Crippen LogP contribution in [0.15, 0.2) is 53.7 Å². The van der Waals surface area contributed by atoms with Crippen LogP contribution in [0.1, 0.15) is 23.6 Å². The molecule has 3 rings (SSSR count). The maximum absolute atomic E-state index is 13.3. The van der Waals surface area contributed by atoms with E-state index in [2.05, 4.69) is 26.6 Å². The third-order valence-electron chi connectivity index (χ3n) is 4.87. The maximum atomic E-state index is 13.3. The molecule has 1 fully saturated rings. The number of rotatable bonds is 7. The molecule has 0 aliphatic carbocycles. The van der Waals surface area contributed by atoms with E-state index in [-0.39, 0.29) is 17.7 Å². The molecule has 0 spiro atoms. The first-order chi connectivity index (χ1) is 13.7. The lowest BCUT2D eigenvalue weighted by Crippen LogP contribution is -2.48. The second kappa shape index (κ2) is 11.8. The topological polar surface area (TPSA) is 35.9 Å². The van der Waals surface area contributed by atoms with Gasteiger partial charge < -0.3 is 4.90 Å². The van der Waals surface area contributed by atoms with Gasteiger partial charge in [0.1, 0.15) is 11.6 Å². The van der Waals surface area contributed by atoms with Crippen LogP contribution >= 0.6 is 11.6 Å². The van der Waals surface area contributed by atoms with E-state index < -0.39 is 0 Å². The first kappa shape index (κ1) is 22.4. The highest BCUT2D eigenvalue weighted by Gasteiger charge is 2.26. The highest BCUT2D eigenvalue weighted by atomic mass is 35.5. The Morgan fingerprint density at radius 3 is 1.79 bits per heavy atom. The monoisotopic (exact) mass is 409 g/mol. The van der Waals surface area contributed by atoms with Crippen molar-refractivity contribution in [3.8, 4) is 0 Å². The number of halogens is 3. The number of nitroso groups, excluding NO2 is 1. The highest BCUT2D eigenvalue weighted by molar-refractivity contribution is 6.15. The predicted octanol–water partition coefficient (Wildman–Crippen LogP) is 4.68. The lowest BCUT2D eigenvalue weighted by atomic mass is 9.96. The SMILES string of the molecule is CCl.O=NCCCN1CCN(C(c2ccc(F)cc2)c2ccc(F)cc2)CC1. The van der Waals surface area contributed by atoms with Crippen molar-refractivity contribution in [3.05, 3.63) is 76.2 Å². The van der Waals surface area contributed by atoms with Crippen molar-refractivity contribution in [2.45, 2.75) is 12.5 Å². The zero-order chi connectivity index (χ0) is 20.4. The minimum absolute atomic E-state index is 0.0324. The van der Waals surface area contributed by atoms with Gasteiger partial charge in [-0.05, 0) is 41.8 Å². The minimum Gasteiger partial charge on any atom is -0.301 e. The molecule has 1 saturated heterocycles. The molecule has 0 radical (unpaired) electrons. The molecule has 0 unspecified atom stereocenters. The van der Waals surface area contributed by atoms with Gasteiger partial charge in [0, 0.05) is 39.1 Å². The molecule has 28 heavy (non-hydrogen) atoms. The van der Waals surface area contributed by atoms with E-state index in [1.165, 1.54) is 30.6 Å². The average Bonchev–Trinajstić information content (AvgIpc) is 2.74. The fraction of sp³-hybridized carbons (Fsp3) is 0.429. The first-order valence-corrected chi connectivity index (χ1v) is 10.1. The molecule has 1 aliphatic heterocycles. The zero-order valence-corrected chi connectivity index (χ0v) is 16.8. The van der Waals surface area contributed by atoms with E-state index in [1.807, 2.05) is 0 Å². The summed E-state index contributed by atoms with van der Waals surface area (Å²) in [5, 5.41) is 2.91. The van der Waals surface area contributed by atoms with E-state index in [1.54, 1.807) is 24.3 Å². The standard InChI is InChI=1S/C20H23F2N3O.CH3Cl/c21-18-6-2-16(3-7-18)20(17-4-8-19(22)9-5-17)25-14-12-24(13-15-25)11-1-10-23-26;1-2/h2-9,20H,1,10-15H2;1H3. The summed E-state index contributed by atoms with van der Waals surface area (Å²) in [6.07, 6.45) is 2.25. The number of piperazine rings is 1. The van der Waals surface area contributed by atoms with Gasteiger partial charge in [-0.25, -0.2) is 8.78 Å². The van der Waals surface area contributed by atoms with E-state index in [0.717, 1.165) is 50.3 Å². The van der Waals surface area contributed by atoms with E-state index >= 15 is 0 Å². The van der Waals surface area contributed by atoms with Gasteiger partial charge in [-0.15, -0.1) is 11.6 Å². The Morgan fingerprint density at radius 2 is 1.36 bits per heavy atom. The van der Waals surface area contributed by atoms with Crippen LogP contribution in [-0.2, 0) is 0 Å². The fourth-order valence-electron chi connectivity index (χ4n) is 3.51. The summed E-state index contributed by atoms with van der Waals surface area (Å²) in [5.74, 6) is -0.527. The maximum Gasteiger partial charge on any atom is 0.123 e. The Bertz CT molecular complexity index is 659. The Hall–Kier alpha value is -1.89. The lowest BCUT2D eigenvalue weighted by molar-refractivity contribution is 0.109. The molecular formula is C21H26ClF2N3O. The lowest BCUT2D eigenvalue weighted by Gasteiger charge is -2.39. The molecule has 1 heterocycles. The molecule has 1 aliphatic rings. The van der Waals surface area contributed by atoms with Gasteiger partial charge in [0.15, 0.2) is 0 Å². The van der Waals surface area contributed by atoms with Crippen LogP contribution in [0.3, 0.4) is 0 Å². The van der Waals surface area contributed by atoms with Crippen LogP contribution in [-0.4, -0.2) is 55.5 Å². The molecule has 0 amide bonds. The molecule has 7 heteroatoms. The van der Waals surface area contributed by atoms with Crippen LogP contribution in [0, 0.1) is 16.5 Å². The molecule has 0 saturated carbocycles. The van der Waals surface area contributed by atoms with Crippen molar-refractivity contribution in [1.82, 2.24) is 9.80 Å². The van der Waals surface area contributed by atoms with Crippen molar-refractivity contribution in [2.75, 3.05) is 45.7 Å². The van der Waals surface area contributed by atoms with Crippen LogP contribution in [0.25, 0.3) is 0 Å². The van der Waals surface area contributed by atoms with E-state index in [4.69, 9.17) is 0 Å². The van der Waals surface area contributed by atoms with Crippen molar-refractivity contribution < 1.29 is 8.78 Å². The van der Waals surface area contributed by atoms with Crippen molar-refractivity contribution >= 4 is 11.6 Å². The molecule has 4 nitrogen and oxygen atoms in total. The average molecular weight is 410 g/mol. The summed E-state index contributed by atoms with van der Waals surface area (Å²) in [4.78, 5) is 14.9. The quantitative estimate of drug-likeness (QED) is 0.378. The predicted molar refractivity (Wildman–Crippen MR) is 110 cm³/mol. The first-order valence-electron chi connectivity index (χ1n) is 9.31. The van der Waals surface area contributed by atoms with Crippen LogP contribution < -0.4 is 0 Å². The molecular weight excluding hydrogens is 384 g/mol. The van der Waals surface area contributed by atoms with Crippen LogP contribution in [0.2, 0.25) is 0 Å². The molecule has 152 valence electrons. The Morgan fingerprint density at radius 1 is 0.893 bits per heavy atom. The summed E-state index contributed by atoms with van der Waals surface area (Å²) < 4.78 is 26.7. The molecule has 2 aromatic rings. The highest BCUT2D eigenvalue weighted by Crippen LogP contribution is 2.30. The third-order valence-corrected chi connectivity index (χ3v) is 4.87. The summed E-state index contributed by atoms with van der Waals surface area (Å²) in [5.41, 5.74) is 1.99. The van der Waals surface area contributed by atoms with Crippen molar-refractivity contribution in [1.29, 1.82) is 0 Å². The molecule has 0 aromatic heterocycles. The zero-order valence-electron chi connectivity index (χ0n) is 16.0.